The molecule has 3 aromatic rings. The molecule has 3 aromatic carbocycles. The van der Waals surface area contributed by atoms with Crippen LogP contribution in [-0.4, -0.2) is 31.8 Å². The van der Waals surface area contributed by atoms with E-state index in [1.165, 1.54) is 41.6 Å². The summed E-state index contributed by atoms with van der Waals surface area (Å²) in [7, 11) is 1.74. The van der Waals surface area contributed by atoms with Gasteiger partial charge in [0.25, 0.3) is 5.91 Å². The molecule has 0 aliphatic heterocycles. The van der Waals surface area contributed by atoms with Crippen LogP contribution in [0.25, 0.3) is 5.57 Å². The second kappa shape index (κ2) is 14.2. The molecule has 10 heteroatoms. The molecule has 0 aromatic heterocycles. The third-order valence-corrected chi connectivity index (χ3v) is 6.40. The summed E-state index contributed by atoms with van der Waals surface area (Å²) in [5.74, 6) is 0.192. The number of hydrogen-bond donors (Lipinski definition) is 5. The normalized spacial score (nSPS) is 11.9. The quantitative estimate of drug-likeness (QED) is 0.0747. The van der Waals surface area contributed by atoms with Crippen molar-refractivity contribution in [3.05, 3.63) is 107 Å². The van der Waals surface area contributed by atoms with Gasteiger partial charge in [-0.05, 0) is 87.0 Å². The predicted molar refractivity (Wildman–Crippen MR) is 167 cm³/mol. The second-order valence-electron chi connectivity index (χ2n) is 9.24. The third kappa shape index (κ3) is 7.36. The number of ether oxygens (including phenoxy) is 1. The zero-order chi connectivity index (χ0) is 30.8. The van der Waals surface area contributed by atoms with Crippen LogP contribution < -0.4 is 26.0 Å². The van der Waals surface area contributed by atoms with E-state index in [9.17, 15) is 14.0 Å². The van der Waals surface area contributed by atoms with Crippen molar-refractivity contribution in [2.24, 2.45) is 5.73 Å². The molecule has 3 rings (SSSR count). The van der Waals surface area contributed by atoms with Crippen molar-refractivity contribution < 1.29 is 18.7 Å². The van der Waals surface area contributed by atoms with Crippen molar-refractivity contribution in [1.82, 2.24) is 0 Å². The van der Waals surface area contributed by atoms with Gasteiger partial charge in [-0.15, -0.1) is 0 Å². The summed E-state index contributed by atoms with van der Waals surface area (Å²) in [5, 5.41) is 21.4. The summed E-state index contributed by atoms with van der Waals surface area (Å²) < 4.78 is 19.4. The number of halogens is 1. The Bertz CT molecular complexity index is 1590. The first-order chi connectivity index (χ1) is 20.1. The van der Waals surface area contributed by atoms with E-state index in [4.69, 9.17) is 21.3 Å². The van der Waals surface area contributed by atoms with Gasteiger partial charge in [-0.2, -0.15) is 0 Å². The van der Waals surface area contributed by atoms with Gasteiger partial charge in [0.1, 0.15) is 17.3 Å². The van der Waals surface area contributed by atoms with Gasteiger partial charge >= 0.3 is 0 Å². The number of benzene rings is 3. The molecule has 9 nitrogen and oxygen atoms in total. The molecule has 0 unspecified atom stereocenters. The Morgan fingerprint density at radius 2 is 1.74 bits per heavy atom. The minimum Gasteiger partial charge on any atom is -0.456 e. The number of hydrogen-bond acceptors (Lipinski definition) is 7. The zero-order valence-corrected chi connectivity index (χ0v) is 23.8. The van der Waals surface area contributed by atoms with Crippen LogP contribution >= 0.6 is 0 Å². The number of rotatable bonds is 12. The Morgan fingerprint density at radius 1 is 1.02 bits per heavy atom. The SMILES string of the molecule is CNc1cc(/C(C=N)=C/N)c(Oc2ccc(NC(=O)/C(C)=C/C=C(/C)N(C=O)c3ccc(F)cc3)cc2C)cc1C=N. The van der Waals surface area contributed by atoms with Gasteiger partial charge in [0.05, 0.1) is 0 Å². The molecule has 216 valence electrons. The molecule has 0 radical (unpaired) electrons. The summed E-state index contributed by atoms with van der Waals surface area (Å²) in [6.45, 7) is 5.19. The van der Waals surface area contributed by atoms with Crippen LogP contribution in [0.3, 0.4) is 0 Å². The van der Waals surface area contributed by atoms with Gasteiger partial charge in [0, 0.05) is 70.7 Å². The molecular formula is C32H33FN6O3. The van der Waals surface area contributed by atoms with Gasteiger partial charge in [-0.3, -0.25) is 14.5 Å². The minimum atomic E-state index is -0.404. The highest BCUT2D eigenvalue weighted by Gasteiger charge is 2.15. The number of carbonyl (C=O) groups is 2. The molecule has 0 aliphatic rings. The number of aryl methyl sites for hydroxylation is 1. The van der Waals surface area contributed by atoms with E-state index in [-0.39, 0.29) is 5.91 Å². The van der Waals surface area contributed by atoms with E-state index in [2.05, 4.69) is 10.6 Å². The van der Waals surface area contributed by atoms with Crippen molar-refractivity contribution in [2.45, 2.75) is 20.8 Å². The fourth-order valence-electron chi connectivity index (χ4n) is 4.00. The molecule has 0 bridgehead atoms. The van der Waals surface area contributed by atoms with Crippen LogP contribution in [0.1, 0.15) is 30.5 Å². The van der Waals surface area contributed by atoms with Gasteiger partial charge in [0.2, 0.25) is 6.41 Å². The second-order valence-corrected chi connectivity index (χ2v) is 9.24. The summed E-state index contributed by atoms with van der Waals surface area (Å²) >= 11 is 0. The Balaban J connectivity index is 1.80. The van der Waals surface area contributed by atoms with E-state index >= 15 is 0 Å². The molecule has 6 N–H and O–H groups in total. The molecule has 42 heavy (non-hydrogen) atoms. The number of carbonyl (C=O) groups excluding carboxylic acids is 2. The lowest BCUT2D eigenvalue weighted by molar-refractivity contribution is -0.112. The van der Waals surface area contributed by atoms with E-state index < -0.39 is 5.82 Å². The maximum atomic E-state index is 13.2. The topological polar surface area (TPSA) is 144 Å². The van der Waals surface area contributed by atoms with Crippen LogP contribution in [-0.2, 0) is 9.59 Å². The average molecular weight is 569 g/mol. The summed E-state index contributed by atoms with van der Waals surface area (Å²) in [5.41, 5.74) is 10.8. The number of anilines is 3. The zero-order valence-electron chi connectivity index (χ0n) is 23.8. The number of nitrogens with one attached hydrogen (secondary N) is 4. The van der Waals surface area contributed by atoms with E-state index in [1.54, 1.807) is 63.4 Å². The number of nitrogens with zero attached hydrogens (tertiary/aromatic N) is 1. The minimum absolute atomic E-state index is 0.337. The molecule has 0 spiro atoms. The Morgan fingerprint density at radius 3 is 2.31 bits per heavy atom. The van der Waals surface area contributed by atoms with Crippen molar-refractivity contribution in [3.63, 3.8) is 0 Å². The lowest BCUT2D eigenvalue weighted by Gasteiger charge is -2.18. The monoisotopic (exact) mass is 568 g/mol. The highest BCUT2D eigenvalue weighted by Crippen LogP contribution is 2.35. The molecule has 0 saturated carbocycles. The van der Waals surface area contributed by atoms with Gasteiger partial charge in [0.15, 0.2) is 0 Å². The number of amides is 2. The maximum absolute atomic E-state index is 13.2. The van der Waals surface area contributed by atoms with Crippen molar-refractivity contribution in [3.8, 4) is 11.5 Å². The highest BCUT2D eigenvalue weighted by atomic mass is 19.1. The first-order valence-corrected chi connectivity index (χ1v) is 12.9. The first kappa shape index (κ1) is 31.0. The van der Waals surface area contributed by atoms with E-state index in [0.29, 0.717) is 62.9 Å². The Hall–Kier alpha value is -5.51. The molecule has 0 saturated heterocycles. The summed E-state index contributed by atoms with van der Waals surface area (Å²) in [4.78, 5) is 25.8. The Kier molecular flexibility index (Phi) is 10.5. The van der Waals surface area contributed by atoms with Gasteiger partial charge in [-0.25, -0.2) is 4.39 Å². The molecule has 0 atom stereocenters. The van der Waals surface area contributed by atoms with Crippen LogP contribution in [0.5, 0.6) is 11.5 Å². The lowest BCUT2D eigenvalue weighted by Crippen LogP contribution is -2.18. The maximum Gasteiger partial charge on any atom is 0.251 e. The Labute approximate surface area is 244 Å². The summed E-state index contributed by atoms with van der Waals surface area (Å²) in [6, 6.07) is 14.2. The molecular weight excluding hydrogens is 535 g/mol. The molecule has 2 amide bonds. The average Bonchev–Trinajstić information content (AvgIpc) is 2.99. The van der Waals surface area contributed by atoms with E-state index in [1.807, 2.05) is 6.92 Å². The number of nitrogens with two attached hydrogens (primary N) is 1. The van der Waals surface area contributed by atoms with Crippen molar-refractivity contribution in [2.75, 3.05) is 22.6 Å². The molecule has 0 aliphatic carbocycles. The first-order valence-electron chi connectivity index (χ1n) is 12.9. The predicted octanol–water partition coefficient (Wildman–Crippen LogP) is 6.37. The highest BCUT2D eigenvalue weighted by molar-refractivity contribution is 6.10. The van der Waals surface area contributed by atoms with Crippen LogP contribution in [0.4, 0.5) is 21.5 Å². The largest absolute Gasteiger partial charge is 0.456 e. The van der Waals surface area contributed by atoms with Gasteiger partial charge < -0.3 is 31.9 Å². The molecule has 0 heterocycles. The molecule has 0 fully saturated rings. The lowest BCUT2D eigenvalue weighted by atomic mass is 10.0. The fourth-order valence-corrected chi connectivity index (χ4v) is 4.00. The summed E-state index contributed by atoms with van der Waals surface area (Å²) in [6.07, 6.45) is 7.50. The van der Waals surface area contributed by atoms with Crippen LogP contribution in [0.2, 0.25) is 0 Å². The van der Waals surface area contributed by atoms with Crippen molar-refractivity contribution in [1.29, 1.82) is 10.8 Å². The van der Waals surface area contributed by atoms with Crippen molar-refractivity contribution >= 4 is 47.4 Å². The van der Waals surface area contributed by atoms with E-state index in [0.717, 1.165) is 11.8 Å². The van der Waals surface area contributed by atoms with Crippen LogP contribution in [0, 0.1) is 23.6 Å². The van der Waals surface area contributed by atoms with Crippen LogP contribution in [0.15, 0.2) is 84.2 Å². The van der Waals surface area contributed by atoms with Gasteiger partial charge in [-0.1, -0.05) is 6.08 Å². The smallest absolute Gasteiger partial charge is 0.251 e. The number of allylic oxidation sites excluding steroid dienone is 4. The fraction of sp³-hybridized carbons (Fsp3) is 0.125. The standard InChI is InChI=1S/C32H33FN6O3/c1-20(5-6-22(3)39(19-40)27-10-7-25(33)8-11-27)32(41)38-26-9-12-30(21(2)13-26)42-31-14-23(16-34)29(37-4)15-28(31)24(17-35)18-36/h5-19,34-35,37H,36H2,1-4H3,(H,38,41)/b20-5+,22-6-,24-18+,34-16?,35-17?. The third-order valence-electron chi connectivity index (χ3n) is 6.40.